The molecule has 0 bridgehead atoms. The molecule has 1 aliphatic heterocycles. The fourth-order valence-corrected chi connectivity index (χ4v) is 10.7. The number of para-hydroxylation sites is 2. The summed E-state index contributed by atoms with van der Waals surface area (Å²) in [6.07, 6.45) is 0. The van der Waals surface area contributed by atoms with E-state index in [1.807, 2.05) is 48.2 Å². The second-order valence-electron chi connectivity index (χ2n) is 15.6. The Hall–Kier alpha value is -7.80. The number of hydrogen-bond acceptors (Lipinski definition) is 4. The second-order valence-corrected chi connectivity index (χ2v) is 16.6. The molecule has 0 N–H and O–H groups in total. The first-order chi connectivity index (χ1) is 30.3. The van der Waals surface area contributed by atoms with E-state index in [2.05, 4.69) is 173 Å². The Morgan fingerprint density at radius 2 is 0.934 bits per heavy atom. The highest BCUT2D eigenvalue weighted by Gasteiger charge is 2.25. The lowest BCUT2D eigenvalue weighted by Crippen LogP contribution is -2.06. The minimum atomic E-state index is 0.580. The highest BCUT2D eigenvalue weighted by molar-refractivity contribution is 7.99. The van der Waals surface area contributed by atoms with E-state index in [1.165, 1.54) is 53.5 Å². The molecule has 13 rings (SSSR count). The van der Waals surface area contributed by atoms with Crippen LogP contribution in [0.4, 0.5) is 0 Å². The molecule has 0 radical (unpaired) electrons. The van der Waals surface area contributed by atoms with Gasteiger partial charge in [-0.25, -0.2) is 4.98 Å². The van der Waals surface area contributed by atoms with Gasteiger partial charge in [-0.3, -0.25) is 4.57 Å². The summed E-state index contributed by atoms with van der Waals surface area (Å²) in [6.45, 7) is 0. The zero-order chi connectivity index (χ0) is 40.0. The molecule has 0 atom stereocenters. The molecule has 0 unspecified atom stereocenters. The Bertz CT molecular complexity index is 3660. The lowest BCUT2D eigenvalue weighted by Gasteiger charge is -2.21. The summed E-state index contributed by atoms with van der Waals surface area (Å²) in [5.41, 5.74) is 12.4. The van der Waals surface area contributed by atoms with Crippen molar-refractivity contribution >= 4 is 66.1 Å². The second kappa shape index (κ2) is 13.4. The molecule has 0 spiro atoms. The molecule has 6 heteroatoms. The van der Waals surface area contributed by atoms with Crippen molar-refractivity contribution in [3.05, 3.63) is 200 Å². The van der Waals surface area contributed by atoms with E-state index in [-0.39, 0.29) is 0 Å². The van der Waals surface area contributed by atoms with Crippen LogP contribution in [0.25, 0.3) is 111 Å². The molecule has 0 saturated heterocycles. The summed E-state index contributed by atoms with van der Waals surface area (Å²) < 4.78 is 4.66. The fourth-order valence-electron chi connectivity index (χ4n) is 9.55. The van der Waals surface area contributed by atoms with E-state index in [9.17, 15) is 0 Å². The van der Waals surface area contributed by atoms with Gasteiger partial charge in [0, 0.05) is 53.5 Å². The summed E-state index contributed by atoms with van der Waals surface area (Å²) in [5, 5.41) is 7.38. The van der Waals surface area contributed by atoms with E-state index >= 15 is 0 Å². The van der Waals surface area contributed by atoms with Crippen molar-refractivity contribution in [2.45, 2.75) is 9.79 Å². The van der Waals surface area contributed by atoms with E-state index < -0.39 is 0 Å². The van der Waals surface area contributed by atoms with Crippen LogP contribution in [-0.2, 0) is 0 Å². The molecule has 0 aliphatic carbocycles. The maximum absolute atomic E-state index is 5.19. The van der Waals surface area contributed by atoms with Crippen molar-refractivity contribution in [3.63, 3.8) is 0 Å². The summed E-state index contributed by atoms with van der Waals surface area (Å²) in [6, 6.07) is 71.4. The molecule has 0 amide bonds. The fraction of sp³-hybridized carbons (Fsp3) is 0. The molecule has 61 heavy (non-hydrogen) atoms. The Labute approximate surface area is 355 Å². The van der Waals surface area contributed by atoms with Gasteiger partial charge >= 0.3 is 0 Å². The average molecular weight is 796 g/mol. The topological polar surface area (TPSA) is 48.5 Å². The van der Waals surface area contributed by atoms with Crippen LogP contribution < -0.4 is 0 Å². The summed E-state index contributed by atoms with van der Waals surface area (Å²) in [7, 11) is 0. The smallest absolute Gasteiger partial charge is 0.238 e. The molecular weight excluding hydrogens is 763 g/mol. The minimum Gasteiger partial charge on any atom is -0.309 e. The van der Waals surface area contributed by atoms with Crippen LogP contribution in [0.1, 0.15) is 0 Å². The van der Waals surface area contributed by atoms with Gasteiger partial charge in [0.05, 0.1) is 22.1 Å². The third-order valence-corrected chi connectivity index (χ3v) is 13.3. The monoisotopic (exact) mass is 795 g/mol. The van der Waals surface area contributed by atoms with Crippen molar-refractivity contribution in [1.29, 1.82) is 0 Å². The zero-order valence-corrected chi connectivity index (χ0v) is 33.5. The van der Waals surface area contributed by atoms with Gasteiger partial charge in [-0.15, -0.1) is 0 Å². The molecule has 3 aromatic heterocycles. The maximum Gasteiger partial charge on any atom is 0.238 e. The van der Waals surface area contributed by atoms with E-state index in [1.54, 1.807) is 0 Å². The van der Waals surface area contributed by atoms with Crippen molar-refractivity contribution < 1.29 is 0 Å². The highest BCUT2D eigenvalue weighted by Crippen LogP contribution is 2.51. The molecule has 5 nitrogen and oxygen atoms in total. The summed E-state index contributed by atoms with van der Waals surface area (Å²) >= 11 is 1.87. The van der Waals surface area contributed by atoms with Gasteiger partial charge in [0.15, 0.2) is 11.6 Å². The van der Waals surface area contributed by atoms with Crippen molar-refractivity contribution in [1.82, 2.24) is 24.1 Å². The van der Waals surface area contributed by atoms with E-state index in [4.69, 9.17) is 15.0 Å². The number of rotatable bonds is 5. The van der Waals surface area contributed by atoms with Crippen molar-refractivity contribution in [3.8, 4) is 56.7 Å². The number of aromatic nitrogens is 5. The first kappa shape index (κ1) is 34.1. The van der Waals surface area contributed by atoms with Crippen molar-refractivity contribution in [2.75, 3.05) is 0 Å². The maximum atomic E-state index is 5.19. The molecule has 1 aliphatic rings. The minimum absolute atomic E-state index is 0.580. The highest BCUT2D eigenvalue weighted by atomic mass is 32.2. The van der Waals surface area contributed by atoms with E-state index in [0.717, 1.165) is 49.7 Å². The Morgan fingerprint density at radius 3 is 1.72 bits per heavy atom. The van der Waals surface area contributed by atoms with Crippen LogP contribution >= 0.6 is 11.8 Å². The Morgan fingerprint density at radius 1 is 0.328 bits per heavy atom. The van der Waals surface area contributed by atoms with Gasteiger partial charge in [-0.1, -0.05) is 157 Å². The standard InChI is InChI=1S/C55H33N5S/c1-4-16-34(17-5-1)53-56-54(35-18-6-2-7-19-35)58-55(57-53)60-44-26-12-10-23-40(44)50-38(24-14-27-46(50)60)36-30-31-45-43(32-36)51-41-25-15-29-49-52(41)42(39-22-11-13-28-48(39)61-49)33-47(51)59(45)37-20-8-3-9-21-37/h1-33H. The lowest BCUT2D eigenvalue weighted by atomic mass is 9.93. The Balaban J connectivity index is 1.09. The van der Waals surface area contributed by atoms with Gasteiger partial charge in [0.2, 0.25) is 5.95 Å². The van der Waals surface area contributed by atoms with Gasteiger partial charge in [0.1, 0.15) is 0 Å². The normalized spacial score (nSPS) is 12.2. The lowest BCUT2D eigenvalue weighted by molar-refractivity contribution is 0.953. The van der Waals surface area contributed by atoms with Crippen LogP contribution in [0.3, 0.4) is 0 Å². The van der Waals surface area contributed by atoms with Gasteiger partial charge in [-0.2, -0.15) is 9.97 Å². The van der Waals surface area contributed by atoms with Crippen LogP contribution in [0, 0.1) is 0 Å². The number of nitrogens with zero attached hydrogens (tertiary/aromatic N) is 5. The average Bonchev–Trinajstić information content (AvgIpc) is 3.85. The SMILES string of the molecule is c1ccc(-c2nc(-c3ccccc3)nc(-n3c4ccccc4c4c(-c5ccc6c(c5)c5c7cccc8c7c(cc5n6-c5ccccc5)-c5ccccc5S8)cccc43)n2)cc1. The third-order valence-electron chi connectivity index (χ3n) is 12.2. The van der Waals surface area contributed by atoms with Crippen molar-refractivity contribution in [2.24, 2.45) is 0 Å². The van der Waals surface area contributed by atoms with Crippen LogP contribution in [-0.4, -0.2) is 24.1 Å². The van der Waals surface area contributed by atoms with Crippen LogP contribution in [0.2, 0.25) is 0 Å². The van der Waals surface area contributed by atoms with Crippen LogP contribution in [0.5, 0.6) is 0 Å². The van der Waals surface area contributed by atoms with Crippen LogP contribution in [0.15, 0.2) is 210 Å². The van der Waals surface area contributed by atoms with Gasteiger partial charge in [0.25, 0.3) is 0 Å². The molecule has 284 valence electrons. The zero-order valence-electron chi connectivity index (χ0n) is 32.7. The molecule has 12 aromatic rings. The quantitative estimate of drug-likeness (QED) is 0.174. The van der Waals surface area contributed by atoms with Gasteiger partial charge in [-0.05, 0) is 82.2 Å². The van der Waals surface area contributed by atoms with E-state index in [0.29, 0.717) is 17.6 Å². The van der Waals surface area contributed by atoms with Gasteiger partial charge < -0.3 is 4.57 Å². The predicted octanol–water partition coefficient (Wildman–Crippen LogP) is 14.4. The molecule has 4 heterocycles. The largest absolute Gasteiger partial charge is 0.309 e. The first-order valence-electron chi connectivity index (χ1n) is 20.5. The molecule has 0 fully saturated rings. The number of hydrogen-bond donors (Lipinski definition) is 0. The number of fused-ring (bicyclic) bond motifs is 9. The molecule has 9 aromatic carbocycles. The molecule has 0 saturated carbocycles. The summed E-state index contributed by atoms with van der Waals surface area (Å²) in [5.74, 6) is 1.84. The Kier molecular flexibility index (Phi) is 7.47. The number of benzene rings is 9. The summed E-state index contributed by atoms with van der Waals surface area (Å²) in [4.78, 5) is 18.0. The molecular formula is C55H33N5S. The third kappa shape index (κ3) is 5.19. The predicted molar refractivity (Wildman–Crippen MR) is 252 cm³/mol. The first-order valence-corrected chi connectivity index (χ1v) is 21.3.